The predicted octanol–water partition coefficient (Wildman–Crippen LogP) is 8.44. The van der Waals surface area contributed by atoms with E-state index in [-0.39, 0.29) is 28.6 Å². The molecule has 0 radical (unpaired) electrons. The maximum Gasteiger partial charge on any atom is 0.268 e. The lowest BCUT2D eigenvalue weighted by atomic mass is 10.1. The molecule has 3 aromatic heterocycles. The Labute approximate surface area is 285 Å². The summed E-state index contributed by atoms with van der Waals surface area (Å²) in [6.45, 7) is 3.18. The van der Waals surface area contributed by atoms with Crippen LogP contribution in [0.3, 0.4) is 0 Å². The molecule has 9 nitrogen and oxygen atoms in total. The van der Waals surface area contributed by atoms with E-state index in [1.807, 2.05) is 29.3 Å². The molecular weight excluding hydrogens is 695 g/mol. The van der Waals surface area contributed by atoms with E-state index in [0.717, 1.165) is 22.4 Å². The SMILES string of the molecule is CCN1C(c2cc(Cl)ccc2F)=NOC1(CSc1nnc(-c2cccs2)n1CC1CC1)SCc1nc(-c2cc(Cl)ccc2F)no1. The van der Waals surface area contributed by atoms with Gasteiger partial charge in [-0.2, -0.15) is 4.98 Å². The highest BCUT2D eigenvalue weighted by Crippen LogP contribution is 2.44. The molecule has 46 heavy (non-hydrogen) atoms. The summed E-state index contributed by atoms with van der Waals surface area (Å²) in [5.41, 5.74) is 0.346. The van der Waals surface area contributed by atoms with Gasteiger partial charge < -0.3 is 18.8 Å². The molecule has 1 aliphatic carbocycles. The average molecular weight is 721 g/mol. The summed E-state index contributed by atoms with van der Waals surface area (Å²) in [4.78, 5) is 13.6. The Balaban J connectivity index is 1.19. The first kappa shape index (κ1) is 31.4. The zero-order valence-electron chi connectivity index (χ0n) is 24.2. The fourth-order valence-corrected chi connectivity index (χ4v) is 8.44. The van der Waals surface area contributed by atoms with Crippen LogP contribution in [0.15, 0.2) is 68.7 Å². The smallest absolute Gasteiger partial charge is 0.268 e. The predicted molar refractivity (Wildman–Crippen MR) is 177 cm³/mol. The standard InChI is InChI=1S/C30H25Cl2F2N7O2S3/c1-2-41-27(21-13-19(32)8-10-23(21)34)39-43-30(41,46-15-25-35-26(38-42-25)20-12-18(31)7-9-22(20)33)16-45-29-37-36-28(24-4-3-11-44-24)40(29)14-17-5-6-17/h3-4,7-13,17H,2,5-6,14-16H2,1H3. The van der Waals surface area contributed by atoms with Crippen LogP contribution < -0.4 is 0 Å². The van der Waals surface area contributed by atoms with Crippen LogP contribution in [0.2, 0.25) is 10.0 Å². The van der Waals surface area contributed by atoms with Crippen LogP contribution in [-0.2, 0) is 17.1 Å². The molecule has 1 unspecified atom stereocenters. The fraction of sp³-hybridized carbons (Fsp3) is 0.300. The highest BCUT2D eigenvalue weighted by molar-refractivity contribution is 8.03. The Morgan fingerprint density at radius 3 is 2.52 bits per heavy atom. The molecule has 16 heteroatoms. The van der Waals surface area contributed by atoms with E-state index >= 15 is 4.39 Å². The van der Waals surface area contributed by atoms with Crippen LogP contribution in [0.1, 0.15) is 31.2 Å². The molecule has 1 fully saturated rings. The summed E-state index contributed by atoms with van der Waals surface area (Å²) in [6, 6.07) is 12.5. The van der Waals surface area contributed by atoms with Crippen molar-refractivity contribution in [2.24, 2.45) is 11.1 Å². The maximum atomic E-state index is 15.1. The highest BCUT2D eigenvalue weighted by atomic mass is 35.5. The number of amidine groups is 1. The summed E-state index contributed by atoms with van der Waals surface area (Å²) in [6.07, 6.45) is 2.35. The van der Waals surface area contributed by atoms with Gasteiger partial charge in [0.05, 0.1) is 27.5 Å². The van der Waals surface area contributed by atoms with Crippen LogP contribution in [0, 0.1) is 17.6 Å². The van der Waals surface area contributed by atoms with Gasteiger partial charge in [0.15, 0.2) is 16.8 Å². The first-order valence-corrected chi connectivity index (χ1v) is 18.0. The molecule has 7 rings (SSSR count). The van der Waals surface area contributed by atoms with E-state index in [1.54, 1.807) is 11.3 Å². The van der Waals surface area contributed by atoms with Gasteiger partial charge in [-0.05, 0) is 73.5 Å². The second-order valence-electron chi connectivity index (χ2n) is 10.6. The molecule has 5 aromatic rings. The molecule has 2 aromatic carbocycles. The normalized spacial score (nSPS) is 17.8. The molecular formula is C30H25Cl2F2N7O2S3. The zero-order chi connectivity index (χ0) is 31.8. The van der Waals surface area contributed by atoms with Crippen LogP contribution in [0.4, 0.5) is 8.78 Å². The second kappa shape index (κ2) is 13.1. The van der Waals surface area contributed by atoms with Gasteiger partial charge in [-0.15, -0.1) is 21.5 Å². The quantitative estimate of drug-likeness (QED) is 0.118. The van der Waals surface area contributed by atoms with Crippen molar-refractivity contribution in [3.63, 3.8) is 0 Å². The van der Waals surface area contributed by atoms with Crippen molar-refractivity contribution in [2.75, 3.05) is 12.3 Å². The third-order valence-corrected chi connectivity index (χ3v) is 11.4. The minimum atomic E-state index is -1.14. The number of thiophene rings is 1. The molecule has 0 bridgehead atoms. The Morgan fingerprint density at radius 2 is 1.80 bits per heavy atom. The number of aromatic nitrogens is 5. The largest absolute Gasteiger partial charge is 0.353 e. The minimum Gasteiger partial charge on any atom is -0.353 e. The third kappa shape index (κ3) is 6.37. The monoisotopic (exact) mass is 719 g/mol. The summed E-state index contributed by atoms with van der Waals surface area (Å²) in [5, 5.41) is 19.8. The van der Waals surface area contributed by atoms with E-state index in [0.29, 0.717) is 34.1 Å². The van der Waals surface area contributed by atoms with Crippen molar-refractivity contribution >= 4 is 63.9 Å². The average Bonchev–Trinajstić information content (AvgIpc) is 3.46. The Morgan fingerprint density at radius 1 is 1.04 bits per heavy atom. The molecule has 0 amide bonds. The van der Waals surface area contributed by atoms with Gasteiger partial charge in [0.25, 0.3) is 5.06 Å². The number of hydrogen-bond acceptors (Lipinski definition) is 11. The van der Waals surface area contributed by atoms with Crippen molar-refractivity contribution in [3.8, 4) is 22.1 Å². The summed E-state index contributed by atoms with van der Waals surface area (Å²) < 4.78 is 37.3. The van der Waals surface area contributed by atoms with Crippen LogP contribution in [-0.4, -0.2) is 53.0 Å². The van der Waals surface area contributed by atoms with E-state index < -0.39 is 16.7 Å². The number of benzene rings is 2. The molecule has 1 saturated carbocycles. The number of halogens is 4. The van der Waals surface area contributed by atoms with Gasteiger partial charge in [-0.25, -0.2) is 8.78 Å². The molecule has 0 N–H and O–H groups in total. The topological polar surface area (TPSA) is 94.5 Å². The first-order chi connectivity index (χ1) is 22.3. The van der Waals surface area contributed by atoms with Gasteiger partial charge >= 0.3 is 0 Å². The zero-order valence-corrected chi connectivity index (χ0v) is 28.2. The summed E-state index contributed by atoms with van der Waals surface area (Å²) >= 11 is 16.8. The lowest BCUT2D eigenvalue weighted by Gasteiger charge is -2.35. The molecule has 2 aliphatic rings. The first-order valence-electron chi connectivity index (χ1n) is 14.3. The highest BCUT2D eigenvalue weighted by Gasteiger charge is 2.48. The number of nitrogens with zero attached hydrogens (tertiary/aromatic N) is 7. The number of hydrogen-bond donors (Lipinski definition) is 0. The van der Waals surface area contributed by atoms with Crippen molar-refractivity contribution in [2.45, 2.75) is 42.3 Å². The van der Waals surface area contributed by atoms with Crippen LogP contribution in [0.25, 0.3) is 22.1 Å². The van der Waals surface area contributed by atoms with Gasteiger partial charge in [-0.1, -0.05) is 63.1 Å². The Hall–Kier alpha value is -3.17. The van der Waals surface area contributed by atoms with Crippen LogP contribution >= 0.6 is 58.1 Å². The second-order valence-corrected chi connectivity index (χ2v) is 14.6. The van der Waals surface area contributed by atoms with Gasteiger partial charge in [-0.3, -0.25) is 0 Å². The minimum absolute atomic E-state index is 0.0749. The van der Waals surface area contributed by atoms with Crippen LogP contribution in [0.5, 0.6) is 0 Å². The van der Waals surface area contributed by atoms with Crippen molar-refractivity contribution in [1.82, 2.24) is 29.8 Å². The number of thioether (sulfide) groups is 2. The Bertz CT molecular complexity index is 1900. The number of oxime groups is 1. The van der Waals surface area contributed by atoms with Gasteiger partial charge in [0.2, 0.25) is 11.7 Å². The lowest BCUT2D eigenvalue weighted by Crippen LogP contribution is -2.48. The molecule has 0 saturated heterocycles. The summed E-state index contributed by atoms with van der Waals surface area (Å²) in [7, 11) is 0. The van der Waals surface area contributed by atoms with Crippen molar-refractivity contribution < 1.29 is 18.1 Å². The van der Waals surface area contributed by atoms with E-state index in [1.165, 1.54) is 72.8 Å². The molecule has 0 spiro atoms. The molecule has 238 valence electrons. The molecule has 1 aliphatic heterocycles. The maximum absolute atomic E-state index is 15.1. The number of rotatable bonds is 12. The third-order valence-electron chi connectivity index (χ3n) is 7.47. The van der Waals surface area contributed by atoms with Crippen molar-refractivity contribution in [1.29, 1.82) is 0 Å². The van der Waals surface area contributed by atoms with Crippen molar-refractivity contribution in [3.05, 3.63) is 87.0 Å². The Kier molecular flexibility index (Phi) is 8.98. The van der Waals surface area contributed by atoms with E-state index in [4.69, 9.17) is 32.6 Å². The summed E-state index contributed by atoms with van der Waals surface area (Å²) in [5.74, 6) is 1.55. The lowest BCUT2D eigenvalue weighted by molar-refractivity contribution is -0.000464. The molecule has 1 atom stereocenters. The van der Waals surface area contributed by atoms with E-state index in [2.05, 4.69) is 30.1 Å². The molecule has 4 heterocycles. The van der Waals surface area contributed by atoms with Gasteiger partial charge in [0.1, 0.15) is 11.6 Å². The van der Waals surface area contributed by atoms with Gasteiger partial charge in [0, 0.05) is 23.1 Å². The fourth-order valence-electron chi connectivity index (χ4n) is 5.01. The van der Waals surface area contributed by atoms with E-state index in [9.17, 15) is 4.39 Å².